The minimum atomic E-state index is -0.149. The number of aromatic nitrogens is 2. The van der Waals surface area contributed by atoms with Crippen molar-refractivity contribution in [2.45, 2.75) is 31.5 Å². The number of amides is 2. The first-order chi connectivity index (χ1) is 14.5. The zero-order chi connectivity index (χ0) is 21.1. The third-order valence-corrected chi connectivity index (χ3v) is 6.54. The molecule has 1 aliphatic rings. The van der Waals surface area contributed by atoms with Crippen LogP contribution in [0.2, 0.25) is 5.02 Å². The van der Waals surface area contributed by atoms with Crippen molar-refractivity contribution in [1.82, 2.24) is 14.5 Å². The highest BCUT2D eigenvalue weighted by Gasteiger charge is 2.21. The topological polar surface area (TPSA) is 67.2 Å². The molecule has 1 saturated heterocycles. The van der Waals surface area contributed by atoms with Crippen molar-refractivity contribution in [1.29, 1.82) is 0 Å². The Bertz CT molecular complexity index is 1090. The van der Waals surface area contributed by atoms with Gasteiger partial charge < -0.3 is 14.8 Å². The molecule has 0 spiro atoms. The highest BCUT2D eigenvalue weighted by atomic mass is 35.5. The molecule has 8 heteroatoms. The van der Waals surface area contributed by atoms with Crippen LogP contribution in [0.4, 0.5) is 5.69 Å². The molecular weight excluding hydrogens is 420 g/mol. The van der Waals surface area contributed by atoms with Crippen molar-refractivity contribution >= 4 is 51.9 Å². The van der Waals surface area contributed by atoms with Gasteiger partial charge in [-0.25, -0.2) is 4.98 Å². The summed E-state index contributed by atoms with van der Waals surface area (Å²) >= 11 is 7.46. The Hall–Kier alpha value is -2.51. The molecule has 1 aliphatic heterocycles. The first-order valence-electron chi connectivity index (χ1n) is 9.93. The fourth-order valence-electron chi connectivity index (χ4n) is 3.52. The van der Waals surface area contributed by atoms with Gasteiger partial charge in [-0.2, -0.15) is 0 Å². The summed E-state index contributed by atoms with van der Waals surface area (Å²) < 4.78 is 1.91. The van der Waals surface area contributed by atoms with Gasteiger partial charge in [-0.15, -0.1) is 0 Å². The molecule has 2 aromatic carbocycles. The summed E-state index contributed by atoms with van der Waals surface area (Å²) in [5.74, 6) is 0.132. The summed E-state index contributed by atoms with van der Waals surface area (Å²) in [6.45, 7) is 3.78. The molecule has 0 bridgehead atoms. The predicted molar refractivity (Wildman–Crippen MR) is 121 cm³/mol. The van der Waals surface area contributed by atoms with Gasteiger partial charge >= 0.3 is 0 Å². The van der Waals surface area contributed by atoms with Crippen molar-refractivity contribution in [3.05, 3.63) is 53.1 Å². The van der Waals surface area contributed by atoms with Crippen LogP contribution in [0.5, 0.6) is 0 Å². The van der Waals surface area contributed by atoms with Crippen LogP contribution in [-0.4, -0.2) is 45.1 Å². The van der Waals surface area contributed by atoms with Crippen molar-refractivity contribution in [2.75, 3.05) is 24.2 Å². The number of thioether (sulfide) groups is 1. The molecule has 2 heterocycles. The molecule has 0 radical (unpaired) electrons. The van der Waals surface area contributed by atoms with E-state index in [9.17, 15) is 9.59 Å². The Morgan fingerprint density at radius 3 is 2.70 bits per heavy atom. The lowest BCUT2D eigenvalue weighted by atomic mass is 10.2. The predicted octanol–water partition coefficient (Wildman–Crippen LogP) is 4.35. The summed E-state index contributed by atoms with van der Waals surface area (Å²) in [6, 6.07) is 13.2. The van der Waals surface area contributed by atoms with Gasteiger partial charge in [-0.1, -0.05) is 41.6 Å². The molecule has 2 amide bonds. The van der Waals surface area contributed by atoms with Crippen molar-refractivity contribution in [3.63, 3.8) is 0 Å². The monoisotopic (exact) mass is 442 g/mol. The van der Waals surface area contributed by atoms with Crippen LogP contribution >= 0.6 is 23.4 Å². The number of para-hydroxylation sites is 2. The zero-order valence-electron chi connectivity index (χ0n) is 16.7. The van der Waals surface area contributed by atoms with Crippen LogP contribution < -0.4 is 5.32 Å². The van der Waals surface area contributed by atoms with Crippen LogP contribution in [0, 0.1) is 6.92 Å². The number of likely N-dealkylation sites (tertiary alicyclic amines) is 1. The maximum absolute atomic E-state index is 12.7. The van der Waals surface area contributed by atoms with Gasteiger partial charge in [0.2, 0.25) is 11.8 Å². The van der Waals surface area contributed by atoms with E-state index in [1.807, 2.05) is 52.8 Å². The Morgan fingerprint density at radius 2 is 1.93 bits per heavy atom. The lowest BCUT2D eigenvalue weighted by Crippen LogP contribution is -2.31. The van der Waals surface area contributed by atoms with E-state index in [1.165, 1.54) is 11.8 Å². The number of halogens is 1. The van der Waals surface area contributed by atoms with Crippen LogP contribution in [0.15, 0.2) is 47.6 Å². The fourth-order valence-corrected chi connectivity index (χ4v) is 4.51. The molecule has 156 valence electrons. The smallest absolute Gasteiger partial charge is 0.242 e. The molecule has 1 aromatic heterocycles. The first-order valence-corrected chi connectivity index (χ1v) is 11.3. The second kappa shape index (κ2) is 9.10. The van der Waals surface area contributed by atoms with E-state index in [2.05, 4.69) is 10.3 Å². The van der Waals surface area contributed by atoms with Gasteiger partial charge in [0.25, 0.3) is 0 Å². The molecule has 0 saturated carbocycles. The van der Waals surface area contributed by atoms with E-state index in [4.69, 9.17) is 11.6 Å². The fraction of sp³-hybridized carbons (Fsp3) is 0.318. The van der Waals surface area contributed by atoms with Crippen LogP contribution in [-0.2, 0) is 16.1 Å². The summed E-state index contributed by atoms with van der Waals surface area (Å²) in [7, 11) is 0. The number of fused-ring (bicyclic) bond motifs is 1. The van der Waals surface area contributed by atoms with E-state index in [0.29, 0.717) is 15.9 Å². The lowest BCUT2D eigenvalue weighted by molar-refractivity contribution is -0.130. The molecule has 3 aromatic rings. The van der Waals surface area contributed by atoms with Gasteiger partial charge in [0.15, 0.2) is 5.16 Å². The van der Waals surface area contributed by atoms with E-state index >= 15 is 0 Å². The number of anilines is 1. The summed E-state index contributed by atoms with van der Waals surface area (Å²) in [6.07, 6.45) is 2.11. The molecule has 30 heavy (non-hydrogen) atoms. The third kappa shape index (κ3) is 4.63. The Labute approximate surface area is 184 Å². The number of hydrogen-bond acceptors (Lipinski definition) is 4. The van der Waals surface area contributed by atoms with Crippen LogP contribution in [0.1, 0.15) is 18.4 Å². The van der Waals surface area contributed by atoms with Gasteiger partial charge in [-0.3, -0.25) is 9.59 Å². The number of aryl methyl sites for hydroxylation is 1. The molecule has 0 atom stereocenters. The largest absolute Gasteiger partial charge is 0.341 e. The van der Waals surface area contributed by atoms with Crippen molar-refractivity contribution < 1.29 is 9.59 Å². The molecular formula is C22H23ClN4O2S. The number of benzene rings is 2. The summed E-state index contributed by atoms with van der Waals surface area (Å²) in [5, 5.41) is 4.14. The summed E-state index contributed by atoms with van der Waals surface area (Å²) in [5.41, 5.74) is 3.34. The summed E-state index contributed by atoms with van der Waals surface area (Å²) in [4.78, 5) is 31.7. The Balaban J connectivity index is 1.48. The maximum Gasteiger partial charge on any atom is 0.242 e. The minimum absolute atomic E-state index is 0.0938. The second-order valence-electron chi connectivity index (χ2n) is 7.36. The highest BCUT2D eigenvalue weighted by molar-refractivity contribution is 7.99. The number of carbonyl (C=O) groups excluding carboxylic acids is 2. The average Bonchev–Trinajstić information content (AvgIpc) is 3.38. The highest BCUT2D eigenvalue weighted by Crippen LogP contribution is 2.25. The molecule has 0 unspecified atom stereocenters. The van der Waals surface area contributed by atoms with Gasteiger partial charge in [-0.05, 0) is 49.6 Å². The van der Waals surface area contributed by atoms with E-state index in [0.717, 1.165) is 42.5 Å². The van der Waals surface area contributed by atoms with Crippen molar-refractivity contribution in [2.24, 2.45) is 0 Å². The van der Waals surface area contributed by atoms with Crippen molar-refractivity contribution in [3.8, 4) is 0 Å². The average molecular weight is 443 g/mol. The number of rotatable bonds is 6. The number of nitrogens with zero attached hydrogens (tertiary/aromatic N) is 3. The Morgan fingerprint density at radius 1 is 1.17 bits per heavy atom. The van der Waals surface area contributed by atoms with E-state index in [-0.39, 0.29) is 24.1 Å². The standard InChI is InChI=1S/C22H23ClN4O2S/c1-15-8-9-16(12-17(15)23)24-20(28)14-30-22-25-18-6-2-3-7-19(18)27(22)13-21(29)26-10-4-5-11-26/h2-3,6-9,12H,4-5,10-11,13-14H2,1H3,(H,24,28). The second-order valence-corrected chi connectivity index (χ2v) is 8.71. The third-order valence-electron chi connectivity index (χ3n) is 5.16. The molecule has 0 aliphatic carbocycles. The van der Waals surface area contributed by atoms with Gasteiger partial charge in [0, 0.05) is 23.8 Å². The first kappa shape index (κ1) is 20.8. The normalized spacial score (nSPS) is 13.7. The number of imidazole rings is 1. The van der Waals surface area contributed by atoms with Gasteiger partial charge in [0.1, 0.15) is 6.54 Å². The number of nitrogens with one attached hydrogen (secondary N) is 1. The lowest BCUT2D eigenvalue weighted by Gasteiger charge is -2.17. The number of carbonyl (C=O) groups is 2. The van der Waals surface area contributed by atoms with Crippen LogP contribution in [0.3, 0.4) is 0 Å². The SMILES string of the molecule is Cc1ccc(NC(=O)CSc2nc3ccccc3n2CC(=O)N2CCCC2)cc1Cl. The maximum atomic E-state index is 12.7. The number of hydrogen-bond donors (Lipinski definition) is 1. The molecule has 4 rings (SSSR count). The minimum Gasteiger partial charge on any atom is -0.341 e. The van der Waals surface area contributed by atoms with Crippen LogP contribution in [0.25, 0.3) is 11.0 Å². The Kier molecular flexibility index (Phi) is 6.29. The molecule has 1 N–H and O–H groups in total. The van der Waals surface area contributed by atoms with E-state index < -0.39 is 0 Å². The van der Waals surface area contributed by atoms with Gasteiger partial charge in [0.05, 0.1) is 16.8 Å². The quantitative estimate of drug-likeness (QED) is 0.576. The zero-order valence-corrected chi connectivity index (χ0v) is 18.3. The van der Waals surface area contributed by atoms with E-state index in [1.54, 1.807) is 6.07 Å². The molecule has 6 nitrogen and oxygen atoms in total. The molecule has 1 fully saturated rings.